The molecular formula is C14H19BrO2. The zero-order valence-electron chi connectivity index (χ0n) is 10.8. The number of halogens is 1. The minimum absolute atomic E-state index is 0.122. The Kier molecular flexibility index (Phi) is 4.75. The number of esters is 1. The van der Waals surface area contributed by atoms with Crippen LogP contribution >= 0.6 is 15.9 Å². The molecule has 0 bridgehead atoms. The highest BCUT2D eigenvalue weighted by atomic mass is 79.9. The van der Waals surface area contributed by atoms with Crippen molar-refractivity contribution < 1.29 is 9.53 Å². The zero-order valence-corrected chi connectivity index (χ0v) is 12.4. The summed E-state index contributed by atoms with van der Waals surface area (Å²) < 4.78 is 6.38. The van der Waals surface area contributed by atoms with E-state index in [1.165, 1.54) is 0 Å². The van der Waals surface area contributed by atoms with Crippen LogP contribution < -0.4 is 0 Å². The Morgan fingerprint density at radius 2 is 2.06 bits per heavy atom. The van der Waals surface area contributed by atoms with E-state index in [1.54, 1.807) is 0 Å². The molecule has 0 heterocycles. The van der Waals surface area contributed by atoms with Crippen LogP contribution in [0.15, 0.2) is 28.7 Å². The highest BCUT2D eigenvalue weighted by molar-refractivity contribution is 9.10. The quantitative estimate of drug-likeness (QED) is 0.789. The molecule has 0 radical (unpaired) electrons. The Morgan fingerprint density at radius 1 is 1.41 bits per heavy atom. The molecule has 0 aromatic heterocycles. The van der Waals surface area contributed by atoms with Gasteiger partial charge in [0.25, 0.3) is 0 Å². The van der Waals surface area contributed by atoms with Crippen molar-refractivity contribution in [3.05, 3.63) is 34.3 Å². The third-order valence-corrected chi connectivity index (χ3v) is 2.73. The monoisotopic (exact) mass is 298 g/mol. The fourth-order valence-electron chi connectivity index (χ4n) is 1.50. The second-order valence-corrected chi connectivity index (χ2v) is 6.18. The Balaban J connectivity index is 2.60. The van der Waals surface area contributed by atoms with Crippen molar-refractivity contribution in [2.45, 2.75) is 39.7 Å². The van der Waals surface area contributed by atoms with E-state index in [0.717, 1.165) is 10.0 Å². The van der Waals surface area contributed by atoms with Gasteiger partial charge in [-0.05, 0) is 44.9 Å². The molecule has 0 fully saturated rings. The average Bonchev–Trinajstić information content (AvgIpc) is 2.14. The molecule has 0 unspecified atom stereocenters. The maximum atomic E-state index is 11.8. The van der Waals surface area contributed by atoms with Gasteiger partial charge in [0, 0.05) is 4.47 Å². The summed E-state index contributed by atoms with van der Waals surface area (Å²) in [6.07, 6.45) is 0.703. The third-order valence-electron chi connectivity index (χ3n) is 2.24. The Morgan fingerprint density at radius 3 is 2.59 bits per heavy atom. The lowest BCUT2D eigenvalue weighted by Gasteiger charge is -2.22. The molecule has 94 valence electrons. The van der Waals surface area contributed by atoms with E-state index in [9.17, 15) is 4.79 Å². The lowest BCUT2D eigenvalue weighted by atomic mass is 10.0. The number of ether oxygens (including phenoxy) is 1. The molecule has 0 N–H and O–H groups in total. The summed E-state index contributed by atoms with van der Waals surface area (Å²) in [4.78, 5) is 11.8. The van der Waals surface area contributed by atoms with Gasteiger partial charge in [0.1, 0.15) is 5.60 Å². The second-order valence-electron chi connectivity index (χ2n) is 5.27. The van der Waals surface area contributed by atoms with Crippen molar-refractivity contribution in [2.24, 2.45) is 5.92 Å². The standard InChI is InChI=1S/C14H19BrO2/c1-10(13(16)17-14(2,3)4)8-11-6-5-7-12(15)9-11/h5-7,9-10H,8H2,1-4H3/t10-/m1/s1. The summed E-state index contributed by atoms with van der Waals surface area (Å²) in [6.45, 7) is 7.55. The SMILES string of the molecule is C[C@H](Cc1cccc(Br)c1)C(=O)OC(C)(C)C. The molecule has 1 aromatic carbocycles. The predicted molar refractivity (Wildman–Crippen MR) is 72.9 cm³/mol. The van der Waals surface area contributed by atoms with Crippen LogP contribution in [0.25, 0.3) is 0 Å². The summed E-state index contributed by atoms with van der Waals surface area (Å²) in [5.74, 6) is -0.263. The van der Waals surface area contributed by atoms with Crippen LogP contribution in [-0.2, 0) is 16.0 Å². The summed E-state index contributed by atoms with van der Waals surface area (Å²) in [6, 6.07) is 8.00. The van der Waals surface area contributed by atoms with Gasteiger partial charge in [-0.25, -0.2) is 0 Å². The van der Waals surface area contributed by atoms with Crippen molar-refractivity contribution in [3.63, 3.8) is 0 Å². The first kappa shape index (κ1) is 14.2. The Labute approximate surface area is 111 Å². The summed E-state index contributed by atoms with van der Waals surface area (Å²) >= 11 is 3.42. The molecule has 1 atom stereocenters. The first-order valence-electron chi connectivity index (χ1n) is 5.75. The highest BCUT2D eigenvalue weighted by Gasteiger charge is 2.21. The van der Waals surface area contributed by atoms with Crippen LogP contribution in [0.3, 0.4) is 0 Å². The van der Waals surface area contributed by atoms with Crippen LogP contribution in [0.4, 0.5) is 0 Å². The van der Waals surface area contributed by atoms with Crippen molar-refractivity contribution in [1.82, 2.24) is 0 Å². The van der Waals surface area contributed by atoms with Gasteiger partial charge in [0.2, 0.25) is 0 Å². The highest BCUT2D eigenvalue weighted by Crippen LogP contribution is 2.17. The van der Waals surface area contributed by atoms with Gasteiger partial charge in [0.15, 0.2) is 0 Å². The predicted octanol–water partition coefficient (Wildman–Crippen LogP) is 3.97. The number of carbonyl (C=O) groups excluding carboxylic acids is 1. The van der Waals surface area contributed by atoms with Gasteiger partial charge in [-0.3, -0.25) is 4.79 Å². The van der Waals surface area contributed by atoms with E-state index in [4.69, 9.17) is 4.74 Å². The van der Waals surface area contributed by atoms with Crippen LogP contribution in [0, 0.1) is 5.92 Å². The maximum absolute atomic E-state index is 11.8. The Bertz CT molecular complexity index is 393. The molecule has 0 amide bonds. The lowest BCUT2D eigenvalue weighted by Crippen LogP contribution is -2.28. The molecule has 0 aliphatic heterocycles. The second kappa shape index (κ2) is 5.67. The zero-order chi connectivity index (χ0) is 13.1. The summed E-state index contributed by atoms with van der Waals surface area (Å²) in [7, 11) is 0. The van der Waals surface area contributed by atoms with Crippen LogP contribution in [0.1, 0.15) is 33.3 Å². The van der Waals surface area contributed by atoms with Gasteiger partial charge >= 0.3 is 5.97 Å². The molecule has 3 heteroatoms. The number of hydrogen-bond donors (Lipinski definition) is 0. The van der Waals surface area contributed by atoms with Gasteiger partial charge in [-0.1, -0.05) is 35.0 Å². The van der Waals surface area contributed by atoms with E-state index in [1.807, 2.05) is 52.0 Å². The van der Waals surface area contributed by atoms with Crippen LogP contribution in [0.2, 0.25) is 0 Å². The molecule has 2 nitrogen and oxygen atoms in total. The number of carbonyl (C=O) groups is 1. The molecule has 17 heavy (non-hydrogen) atoms. The first-order chi connectivity index (χ1) is 7.78. The summed E-state index contributed by atoms with van der Waals surface area (Å²) in [5.41, 5.74) is 0.723. The van der Waals surface area contributed by atoms with Crippen molar-refractivity contribution in [3.8, 4) is 0 Å². The molecule has 1 rings (SSSR count). The average molecular weight is 299 g/mol. The molecular weight excluding hydrogens is 280 g/mol. The van der Waals surface area contributed by atoms with E-state index >= 15 is 0 Å². The smallest absolute Gasteiger partial charge is 0.309 e. The van der Waals surface area contributed by atoms with Crippen molar-refractivity contribution in [2.75, 3.05) is 0 Å². The topological polar surface area (TPSA) is 26.3 Å². The van der Waals surface area contributed by atoms with Crippen LogP contribution in [0.5, 0.6) is 0 Å². The Hall–Kier alpha value is -0.830. The van der Waals surface area contributed by atoms with E-state index in [2.05, 4.69) is 15.9 Å². The molecule has 1 aromatic rings. The molecule has 0 aliphatic rings. The number of benzene rings is 1. The number of rotatable bonds is 3. The maximum Gasteiger partial charge on any atom is 0.309 e. The van der Waals surface area contributed by atoms with Crippen molar-refractivity contribution >= 4 is 21.9 Å². The fraction of sp³-hybridized carbons (Fsp3) is 0.500. The van der Waals surface area contributed by atoms with Gasteiger partial charge in [-0.15, -0.1) is 0 Å². The third kappa shape index (κ3) is 5.35. The number of hydrogen-bond acceptors (Lipinski definition) is 2. The van der Waals surface area contributed by atoms with E-state index < -0.39 is 5.60 Å². The first-order valence-corrected chi connectivity index (χ1v) is 6.54. The van der Waals surface area contributed by atoms with Gasteiger partial charge in [-0.2, -0.15) is 0 Å². The largest absolute Gasteiger partial charge is 0.460 e. The lowest BCUT2D eigenvalue weighted by molar-refractivity contribution is -0.159. The van der Waals surface area contributed by atoms with Crippen LogP contribution in [-0.4, -0.2) is 11.6 Å². The van der Waals surface area contributed by atoms with Gasteiger partial charge in [0.05, 0.1) is 5.92 Å². The summed E-state index contributed by atoms with van der Waals surface area (Å²) in [5, 5.41) is 0. The van der Waals surface area contributed by atoms with E-state index in [-0.39, 0.29) is 11.9 Å². The minimum atomic E-state index is -0.414. The van der Waals surface area contributed by atoms with Crippen molar-refractivity contribution in [1.29, 1.82) is 0 Å². The molecule has 0 aliphatic carbocycles. The van der Waals surface area contributed by atoms with E-state index in [0.29, 0.717) is 6.42 Å². The fourth-order valence-corrected chi connectivity index (χ4v) is 1.95. The minimum Gasteiger partial charge on any atom is -0.460 e. The molecule has 0 saturated carbocycles. The van der Waals surface area contributed by atoms with Gasteiger partial charge < -0.3 is 4.74 Å². The molecule has 0 spiro atoms. The molecule has 0 saturated heterocycles. The normalized spacial score (nSPS) is 13.2.